The van der Waals surface area contributed by atoms with Crippen LogP contribution in [0.3, 0.4) is 0 Å². The van der Waals surface area contributed by atoms with Crippen molar-refractivity contribution in [1.82, 2.24) is 20.3 Å². The van der Waals surface area contributed by atoms with Gasteiger partial charge < -0.3 is 10.3 Å². The highest BCUT2D eigenvalue weighted by atomic mass is 35.5. The molecular formula is C21H21ClN4O2. The predicted octanol–water partition coefficient (Wildman–Crippen LogP) is 3.60. The molecule has 1 aromatic carbocycles. The molecule has 0 aliphatic carbocycles. The number of aromatic amines is 1. The highest BCUT2D eigenvalue weighted by Gasteiger charge is 2.17. The van der Waals surface area contributed by atoms with Gasteiger partial charge in [0.05, 0.1) is 12.5 Å². The molecule has 0 aliphatic rings. The van der Waals surface area contributed by atoms with Crippen LogP contribution in [-0.4, -0.2) is 20.9 Å². The zero-order chi connectivity index (χ0) is 20.1. The van der Waals surface area contributed by atoms with Crippen LogP contribution in [0.4, 0.5) is 0 Å². The first-order chi connectivity index (χ1) is 13.5. The number of aromatic nitrogens is 3. The monoisotopic (exact) mass is 396 g/mol. The zero-order valence-corrected chi connectivity index (χ0v) is 16.5. The molecule has 1 atom stereocenters. The van der Waals surface area contributed by atoms with Gasteiger partial charge in [0, 0.05) is 34.2 Å². The lowest BCUT2D eigenvalue weighted by Crippen LogP contribution is -2.32. The number of carbonyl (C=O) groups is 1. The molecule has 2 aromatic heterocycles. The highest BCUT2D eigenvalue weighted by Crippen LogP contribution is 2.20. The number of nitrogens with zero attached hydrogens (tertiary/aromatic N) is 2. The van der Waals surface area contributed by atoms with Crippen LogP contribution < -0.4 is 10.9 Å². The molecule has 0 spiro atoms. The van der Waals surface area contributed by atoms with Gasteiger partial charge in [-0.05, 0) is 43.2 Å². The predicted molar refractivity (Wildman–Crippen MR) is 109 cm³/mol. The molecule has 1 unspecified atom stereocenters. The van der Waals surface area contributed by atoms with Crippen LogP contribution in [0, 0.1) is 6.92 Å². The van der Waals surface area contributed by atoms with Crippen molar-refractivity contribution < 1.29 is 4.79 Å². The SMILES string of the molecule is CCC(NC(=O)Cc1c(C)nc(-c2ccncc2)[nH]c1=O)c1cccc(Cl)c1. The lowest BCUT2D eigenvalue weighted by Gasteiger charge is -2.18. The number of benzene rings is 1. The van der Waals surface area contributed by atoms with Crippen LogP contribution >= 0.6 is 11.6 Å². The first kappa shape index (κ1) is 19.8. The second kappa shape index (κ2) is 8.80. The number of aryl methyl sites for hydroxylation is 1. The Hall–Kier alpha value is -2.99. The van der Waals surface area contributed by atoms with E-state index in [0.29, 0.717) is 28.5 Å². The minimum Gasteiger partial charge on any atom is -0.349 e. The van der Waals surface area contributed by atoms with Gasteiger partial charge in [-0.3, -0.25) is 14.6 Å². The van der Waals surface area contributed by atoms with Gasteiger partial charge in [-0.25, -0.2) is 4.98 Å². The molecule has 3 rings (SSSR count). The number of pyridine rings is 1. The van der Waals surface area contributed by atoms with E-state index < -0.39 is 0 Å². The molecule has 0 aliphatic heterocycles. The van der Waals surface area contributed by atoms with E-state index in [4.69, 9.17) is 11.6 Å². The number of nitrogens with one attached hydrogen (secondary N) is 2. The molecule has 2 N–H and O–H groups in total. The maximum absolute atomic E-state index is 12.6. The summed E-state index contributed by atoms with van der Waals surface area (Å²) < 4.78 is 0. The minimum atomic E-state index is -0.315. The quantitative estimate of drug-likeness (QED) is 0.666. The van der Waals surface area contributed by atoms with Crippen LogP contribution in [0.15, 0.2) is 53.6 Å². The normalized spacial score (nSPS) is 11.8. The molecule has 2 heterocycles. The van der Waals surface area contributed by atoms with E-state index in [1.165, 1.54) is 0 Å². The molecule has 0 radical (unpaired) electrons. The van der Waals surface area contributed by atoms with E-state index in [0.717, 1.165) is 11.1 Å². The first-order valence-electron chi connectivity index (χ1n) is 9.03. The standard InChI is InChI=1S/C21H21ClN4O2/c1-3-18(15-5-4-6-16(22)11-15)25-19(27)12-17-13(2)24-20(26-21(17)28)14-7-9-23-10-8-14/h4-11,18H,3,12H2,1-2H3,(H,25,27)(H,24,26,28). The number of amides is 1. The van der Waals surface area contributed by atoms with Crippen LogP contribution in [0.2, 0.25) is 5.02 Å². The van der Waals surface area contributed by atoms with Crippen LogP contribution in [0.1, 0.15) is 36.2 Å². The second-order valence-electron chi connectivity index (χ2n) is 6.47. The molecule has 1 amide bonds. The van der Waals surface area contributed by atoms with Gasteiger partial charge in [-0.1, -0.05) is 30.7 Å². The minimum absolute atomic E-state index is 0.0398. The van der Waals surface area contributed by atoms with E-state index in [9.17, 15) is 9.59 Å². The lowest BCUT2D eigenvalue weighted by molar-refractivity contribution is -0.121. The van der Waals surface area contributed by atoms with Crippen molar-refractivity contribution in [3.63, 3.8) is 0 Å². The van der Waals surface area contributed by atoms with Crippen molar-refractivity contribution in [3.05, 3.63) is 81.0 Å². The fourth-order valence-corrected chi connectivity index (χ4v) is 3.21. The van der Waals surface area contributed by atoms with Crippen molar-refractivity contribution in [2.45, 2.75) is 32.7 Å². The van der Waals surface area contributed by atoms with Crippen LogP contribution in [-0.2, 0) is 11.2 Å². The number of hydrogen-bond donors (Lipinski definition) is 2. The van der Waals surface area contributed by atoms with Gasteiger partial charge in [0.2, 0.25) is 5.91 Å². The first-order valence-corrected chi connectivity index (χ1v) is 9.40. The van der Waals surface area contributed by atoms with E-state index >= 15 is 0 Å². The summed E-state index contributed by atoms with van der Waals surface area (Å²) in [5, 5.41) is 3.59. The molecule has 3 aromatic rings. The number of carbonyl (C=O) groups excluding carboxylic acids is 1. The molecule has 0 saturated heterocycles. The van der Waals surface area contributed by atoms with Gasteiger partial charge in [0.25, 0.3) is 5.56 Å². The zero-order valence-electron chi connectivity index (χ0n) is 15.7. The molecule has 28 heavy (non-hydrogen) atoms. The lowest BCUT2D eigenvalue weighted by atomic mass is 10.0. The van der Waals surface area contributed by atoms with Crippen molar-refractivity contribution in [2.24, 2.45) is 0 Å². The highest BCUT2D eigenvalue weighted by molar-refractivity contribution is 6.30. The Morgan fingerprint density at radius 1 is 1.25 bits per heavy atom. The second-order valence-corrected chi connectivity index (χ2v) is 6.91. The Morgan fingerprint density at radius 2 is 2.00 bits per heavy atom. The van der Waals surface area contributed by atoms with E-state index in [-0.39, 0.29) is 23.9 Å². The number of hydrogen-bond acceptors (Lipinski definition) is 4. The summed E-state index contributed by atoms with van der Waals surface area (Å²) in [4.78, 5) is 36.3. The van der Waals surface area contributed by atoms with Crippen molar-refractivity contribution >= 4 is 17.5 Å². The molecule has 0 fully saturated rings. The maximum atomic E-state index is 12.6. The summed E-state index contributed by atoms with van der Waals surface area (Å²) in [6, 6.07) is 10.8. The van der Waals surface area contributed by atoms with Crippen LogP contribution in [0.25, 0.3) is 11.4 Å². The van der Waals surface area contributed by atoms with Gasteiger partial charge in [-0.15, -0.1) is 0 Å². The van der Waals surface area contributed by atoms with Gasteiger partial charge in [0.15, 0.2) is 0 Å². The van der Waals surface area contributed by atoms with Gasteiger partial charge >= 0.3 is 0 Å². The van der Waals surface area contributed by atoms with Gasteiger partial charge in [-0.2, -0.15) is 0 Å². The van der Waals surface area contributed by atoms with E-state index in [2.05, 4.69) is 20.3 Å². The molecular weight excluding hydrogens is 376 g/mol. The van der Waals surface area contributed by atoms with E-state index in [1.54, 1.807) is 37.5 Å². The topological polar surface area (TPSA) is 87.7 Å². The average molecular weight is 397 g/mol. The fourth-order valence-electron chi connectivity index (χ4n) is 3.02. The molecule has 0 bridgehead atoms. The third kappa shape index (κ3) is 4.64. The maximum Gasteiger partial charge on any atom is 0.255 e. The molecule has 7 heteroatoms. The smallest absolute Gasteiger partial charge is 0.255 e. The van der Waals surface area contributed by atoms with Crippen molar-refractivity contribution in [1.29, 1.82) is 0 Å². The third-order valence-corrected chi connectivity index (χ3v) is 4.74. The van der Waals surface area contributed by atoms with E-state index in [1.807, 2.05) is 25.1 Å². The van der Waals surface area contributed by atoms with Crippen LogP contribution in [0.5, 0.6) is 0 Å². The summed E-state index contributed by atoms with van der Waals surface area (Å²) in [5.74, 6) is 0.221. The van der Waals surface area contributed by atoms with Gasteiger partial charge in [0.1, 0.15) is 5.82 Å². The van der Waals surface area contributed by atoms with Crippen molar-refractivity contribution in [2.75, 3.05) is 0 Å². The molecule has 0 saturated carbocycles. The Morgan fingerprint density at radius 3 is 2.64 bits per heavy atom. The van der Waals surface area contributed by atoms with Crippen molar-refractivity contribution in [3.8, 4) is 11.4 Å². The molecule has 6 nitrogen and oxygen atoms in total. The summed E-state index contributed by atoms with van der Waals surface area (Å²) >= 11 is 6.05. The number of halogens is 1. The summed E-state index contributed by atoms with van der Waals surface area (Å²) in [6.07, 6.45) is 3.93. The Labute approximate surface area is 168 Å². The summed E-state index contributed by atoms with van der Waals surface area (Å²) in [7, 11) is 0. The summed E-state index contributed by atoms with van der Waals surface area (Å²) in [5.41, 5.74) is 2.27. The Bertz CT molecular complexity index is 1030. The summed E-state index contributed by atoms with van der Waals surface area (Å²) in [6.45, 7) is 3.71. The number of rotatable bonds is 6. The molecule has 144 valence electrons. The fraction of sp³-hybridized carbons (Fsp3) is 0.238. The Kier molecular flexibility index (Phi) is 6.21. The number of H-pyrrole nitrogens is 1. The largest absolute Gasteiger partial charge is 0.349 e. The Balaban J connectivity index is 1.77. The third-order valence-electron chi connectivity index (χ3n) is 4.51. The average Bonchev–Trinajstić information content (AvgIpc) is 2.69.